The topological polar surface area (TPSA) is 43.7 Å². The number of nitrogens with zero attached hydrogens (tertiary/aromatic N) is 2. The van der Waals surface area contributed by atoms with Crippen molar-refractivity contribution in [3.8, 4) is 11.5 Å². The van der Waals surface area contributed by atoms with E-state index in [0.29, 0.717) is 10.8 Å². The molecule has 0 bridgehead atoms. The van der Waals surface area contributed by atoms with Crippen LogP contribution in [-0.4, -0.2) is 18.0 Å². The van der Waals surface area contributed by atoms with Crippen molar-refractivity contribution in [2.24, 2.45) is 4.99 Å². The molecule has 0 N–H and O–H groups in total. The van der Waals surface area contributed by atoms with Crippen molar-refractivity contribution in [2.75, 3.05) is 6.79 Å². The smallest absolute Gasteiger partial charge is 0.231 e. The van der Waals surface area contributed by atoms with Gasteiger partial charge in [-0.25, -0.2) is 9.98 Å². The lowest BCUT2D eigenvalue weighted by molar-refractivity contribution is 0.174. The summed E-state index contributed by atoms with van der Waals surface area (Å²) >= 11 is 5.75. The number of hydrogen-bond acceptors (Lipinski definition) is 4. The van der Waals surface area contributed by atoms with Gasteiger partial charge in [0.15, 0.2) is 17.3 Å². The Hall–Kier alpha value is -2.07. The molecule has 1 aromatic carbocycles. The first-order valence-corrected chi connectivity index (χ1v) is 5.74. The lowest BCUT2D eigenvalue weighted by Gasteiger charge is -1.97. The third-order valence-electron chi connectivity index (χ3n) is 2.45. The summed E-state index contributed by atoms with van der Waals surface area (Å²) in [5.41, 5.74) is 0.927. The maximum absolute atomic E-state index is 5.75. The standard InChI is InChI=1S/C13H9ClN2O2/c14-10-2-4-13(16-7-10)15-6-9-1-3-11-12(5-9)18-8-17-11/h1-7H,8H2. The van der Waals surface area contributed by atoms with E-state index in [1.165, 1.54) is 0 Å². The molecule has 0 fully saturated rings. The van der Waals surface area contributed by atoms with Crippen LogP contribution in [0.5, 0.6) is 11.5 Å². The predicted octanol–water partition coefficient (Wildman–Crippen LogP) is 3.21. The van der Waals surface area contributed by atoms with Gasteiger partial charge in [-0.1, -0.05) is 11.6 Å². The number of benzene rings is 1. The molecular weight excluding hydrogens is 252 g/mol. The molecule has 5 heteroatoms. The van der Waals surface area contributed by atoms with E-state index in [2.05, 4.69) is 9.98 Å². The molecule has 1 aliphatic heterocycles. The van der Waals surface area contributed by atoms with Gasteiger partial charge in [-0.15, -0.1) is 0 Å². The molecular formula is C13H9ClN2O2. The molecule has 2 heterocycles. The van der Waals surface area contributed by atoms with E-state index >= 15 is 0 Å². The van der Waals surface area contributed by atoms with Gasteiger partial charge in [0.1, 0.15) is 0 Å². The average Bonchev–Trinajstić information content (AvgIpc) is 2.85. The molecule has 0 aliphatic carbocycles. The van der Waals surface area contributed by atoms with Crippen molar-refractivity contribution in [1.29, 1.82) is 0 Å². The summed E-state index contributed by atoms with van der Waals surface area (Å²) in [7, 11) is 0. The van der Waals surface area contributed by atoms with E-state index in [1.807, 2.05) is 18.2 Å². The van der Waals surface area contributed by atoms with Gasteiger partial charge >= 0.3 is 0 Å². The van der Waals surface area contributed by atoms with Crippen molar-refractivity contribution in [1.82, 2.24) is 4.98 Å². The molecule has 4 nitrogen and oxygen atoms in total. The quantitative estimate of drug-likeness (QED) is 0.779. The Labute approximate surface area is 109 Å². The molecule has 0 spiro atoms. The summed E-state index contributed by atoms with van der Waals surface area (Å²) in [5, 5.41) is 0.594. The number of rotatable bonds is 2. The third-order valence-corrected chi connectivity index (χ3v) is 2.68. The molecule has 3 rings (SSSR count). The first kappa shape index (κ1) is 11.0. The van der Waals surface area contributed by atoms with E-state index in [0.717, 1.165) is 17.1 Å². The van der Waals surface area contributed by atoms with Gasteiger partial charge in [0.05, 0.1) is 5.02 Å². The van der Waals surface area contributed by atoms with Crippen LogP contribution >= 0.6 is 11.6 Å². The van der Waals surface area contributed by atoms with Gasteiger partial charge in [-0.3, -0.25) is 0 Å². The van der Waals surface area contributed by atoms with E-state index in [4.69, 9.17) is 21.1 Å². The SMILES string of the molecule is Clc1ccc(N=Cc2ccc3c(c2)OCO3)nc1. The van der Waals surface area contributed by atoms with E-state index in [-0.39, 0.29) is 6.79 Å². The number of aromatic nitrogens is 1. The lowest BCUT2D eigenvalue weighted by atomic mass is 10.2. The molecule has 0 saturated heterocycles. The number of aliphatic imine (C=N–C) groups is 1. The Morgan fingerprint density at radius 1 is 1.17 bits per heavy atom. The Morgan fingerprint density at radius 3 is 2.89 bits per heavy atom. The molecule has 0 atom stereocenters. The van der Waals surface area contributed by atoms with Gasteiger partial charge in [-0.05, 0) is 35.9 Å². The summed E-state index contributed by atoms with van der Waals surface area (Å²) in [6, 6.07) is 9.15. The van der Waals surface area contributed by atoms with Gasteiger partial charge in [0, 0.05) is 12.4 Å². The average molecular weight is 261 g/mol. The zero-order valence-corrected chi connectivity index (χ0v) is 10.1. The van der Waals surface area contributed by atoms with Gasteiger partial charge < -0.3 is 9.47 Å². The van der Waals surface area contributed by atoms with Crippen molar-refractivity contribution in [3.05, 3.63) is 47.1 Å². The minimum Gasteiger partial charge on any atom is -0.454 e. The monoisotopic (exact) mass is 260 g/mol. The highest BCUT2D eigenvalue weighted by atomic mass is 35.5. The highest BCUT2D eigenvalue weighted by Gasteiger charge is 2.12. The summed E-state index contributed by atoms with van der Waals surface area (Å²) < 4.78 is 10.5. The van der Waals surface area contributed by atoms with Crippen LogP contribution in [0.15, 0.2) is 41.5 Å². The van der Waals surface area contributed by atoms with Crippen molar-refractivity contribution < 1.29 is 9.47 Å². The van der Waals surface area contributed by atoms with Crippen LogP contribution in [0.3, 0.4) is 0 Å². The molecule has 0 unspecified atom stereocenters. The molecule has 18 heavy (non-hydrogen) atoms. The van der Waals surface area contributed by atoms with E-state index < -0.39 is 0 Å². The zero-order chi connectivity index (χ0) is 12.4. The molecule has 1 aliphatic rings. The van der Waals surface area contributed by atoms with E-state index in [9.17, 15) is 0 Å². The fraction of sp³-hybridized carbons (Fsp3) is 0.0769. The Morgan fingerprint density at radius 2 is 2.06 bits per heavy atom. The van der Waals surface area contributed by atoms with Gasteiger partial charge in [0.2, 0.25) is 6.79 Å². The predicted molar refractivity (Wildman–Crippen MR) is 69.1 cm³/mol. The van der Waals surface area contributed by atoms with Crippen LogP contribution in [0, 0.1) is 0 Å². The number of ether oxygens (including phenoxy) is 2. The summed E-state index contributed by atoms with van der Waals surface area (Å²) in [6.45, 7) is 0.272. The van der Waals surface area contributed by atoms with Crippen LogP contribution in [0.1, 0.15) is 5.56 Å². The Balaban J connectivity index is 1.82. The summed E-state index contributed by atoms with van der Waals surface area (Å²) in [4.78, 5) is 8.33. The highest BCUT2D eigenvalue weighted by molar-refractivity contribution is 6.30. The molecule has 0 radical (unpaired) electrons. The second-order valence-corrected chi connectivity index (χ2v) is 4.14. The lowest BCUT2D eigenvalue weighted by Crippen LogP contribution is -1.92. The molecule has 0 saturated carbocycles. The summed E-state index contributed by atoms with van der Waals surface area (Å²) in [6.07, 6.45) is 3.28. The number of pyridine rings is 1. The molecule has 2 aromatic rings. The fourth-order valence-electron chi connectivity index (χ4n) is 1.58. The zero-order valence-electron chi connectivity index (χ0n) is 9.34. The maximum Gasteiger partial charge on any atom is 0.231 e. The van der Waals surface area contributed by atoms with Crippen molar-refractivity contribution >= 4 is 23.6 Å². The maximum atomic E-state index is 5.75. The largest absolute Gasteiger partial charge is 0.454 e. The fourth-order valence-corrected chi connectivity index (χ4v) is 1.69. The van der Waals surface area contributed by atoms with E-state index in [1.54, 1.807) is 24.5 Å². The summed E-state index contributed by atoms with van der Waals surface area (Å²) in [5.74, 6) is 2.11. The number of hydrogen-bond donors (Lipinski definition) is 0. The van der Waals surface area contributed by atoms with Gasteiger partial charge in [0.25, 0.3) is 0 Å². The number of fused-ring (bicyclic) bond motifs is 1. The van der Waals surface area contributed by atoms with Crippen LogP contribution in [0.4, 0.5) is 5.82 Å². The van der Waals surface area contributed by atoms with Crippen molar-refractivity contribution in [3.63, 3.8) is 0 Å². The molecule has 90 valence electrons. The first-order valence-electron chi connectivity index (χ1n) is 5.36. The Kier molecular flexibility index (Phi) is 2.86. The van der Waals surface area contributed by atoms with Crippen LogP contribution in [0.2, 0.25) is 5.02 Å². The molecule has 1 aromatic heterocycles. The van der Waals surface area contributed by atoms with Gasteiger partial charge in [-0.2, -0.15) is 0 Å². The third kappa shape index (κ3) is 2.28. The minimum absolute atomic E-state index is 0.272. The van der Waals surface area contributed by atoms with Crippen molar-refractivity contribution in [2.45, 2.75) is 0 Å². The normalized spacial score (nSPS) is 13.2. The second-order valence-electron chi connectivity index (χ2n) is 3.71. The molecule has 0 amide bonds. The Bertz CT molecular complexity index is 596. The van der Waals surface area contributed by atoms with Crippen LogP contribution in [-0.2, 0) is 0 Å². The number of halogens is 1. The second kappa shape index (κ2) is 4.66. The highest BCUT2D eigenvalue weighted by Crippen LogP contribution is 2.32. The van der Waals surface area contributed by atoms with Crippen LogP contribution < -0.4 is 9.47 Å². The first-order chi connectivity index (χ1) is 8.81. The van der Waals surface area contributed by atoms with Crippen LogP contribution in [0.25, 0.3) is 0 Å². The minimum atomic E-state index is 0.272.